The van der Waals surface area contributed by atoms with E-state index >= 15 is 0 Å². The van der Waals surface area contributed by atoms with Gasteiger partial charge < -0.3 is 10.8 Å². The van der Waals surface area contributed by atoms with Gasteiger partial charge in [-0.05, 0) is 57.8 Å². The summed E-state index contributed by atoms with van der Waals surface area (Å²) < 4.78 is 0. The van der Waals surface area contributed by atoms with Gasteiger partial charge in [-0.1, -0.05) is 24.3 Å². The van der Waals surface area contributed by atoms with E-state index in [1.807, 2.05) is 0 Å². The predicted molar refractivity (Wildman–Crippen MR) is 81.1 cm³/mol. The van der Waals surface area contributed by atoms with Gasteiger partial charge in [-0.25, -0.2) is 0 Å². The van der Waals surface area contributed by atoms with Crippen LogP contribution in [0.5, 0.6) is 0 Å². The Morgan fingerprint density at radius 3 is 2.47 bits per heavy atom. The lowest BCUT2D eigenvalue weighted by atomic mass is 9.95. The molecule has 0 saturated carbocycles. The molecule has 108 valence electrons. The summed E-state index contributed by atoms with van der Waals surface area (Å²) >= 11 is 0. The Bertz CT molecular complexity index is 366. The van der Waals surface area contributed by atoms with E-state index < -0.39 is 0 Å². The lowest BCUT2D eigenvalue weighted by Gasteiger charge is -2.32. The monoisotopic (exact) mass is 264 g/mol. The topological polar surface area (TPSA) is 49.5 Å². The number of nitrogens with zero attached hydrogens (tertiary/aromatic N) is 1. The van der Waals surface area contributed by atoms with Crippen LogP contribution in [-0.4, -0.2) is 36.2 Å². The molecule has 0 radical (unpaired) electrons. The molecule has 0 bridgehead atoms. The first-order valence-electron chi connectivity index (χ1n) is 7.20. The van der Waals surface area contributed by atoms with Gasteiger partial charge in [0, 0.05) is 18.7 Å². The minimum Gasteiger partial charge on any atom is -0.396 e. The molecule has 0 aliphatic rings. The Labute approximate surface area is 117 Å². The van der Waals surface area contributed by atoms with Crippen LogP contribution in [0.25, 0.3) is 0 Å². The summed E-state index contributed by atoms with van der Waals surface area (Å²) in [6.45, 7) is 5.52. The quantitative estimate of drug-likeness (QED) is 0.709. The molecule has 2 unspecified atom stereocenters. The molecule has 2 atom stereocenters. The predicted octanol–water partition coefficient (Wildman–Crippen LogP) is 2.48. The largest absolute Gasteiger partial charge is 0.396 e. The number of hydrogen-bond donors (Lipinski definition) is 2. The fourth-order valence-electron chi connectivity index (χ4n) is 2.63. The molecule has 1 rings (SSSR count). The molecule has 0 spiro atoms. The first kappa shape index (κ1) is 16.2. The Kier molecular flexibility index (Phi) is 7.06. The highest BCUT2D eigenvalue weighted by molar-refractivity contribution is 5.29. The Morgan fingerprint density at radius 2 is 1.89 bits per heavy atom. The molecule has 0 heterocycles. The molecule has 19 heavy (non-hydrogen) atoms. The van der Waals surface area contributed by atoms with E-state index in [0.717, 1.165) is 25.8 Å². The fourth-order valence-corrected chi connectivity index (χ4v) is 2.63. The summed E-state index contributed by atoms with van der Waals surface area (Å²) in [6.07, 6.45) is 3.06. The highest BCUT2D eigenvalue weighted by Gasteiger charge is 2.21. The first-order chi connectivity index (χ1) is 9.07. The molecule has 3 nitrogen and oxygen atoms in total. The Balaban J connectivity index is 2.70. The zero-order valence-corrected chi connectivity index (χ0v) is 12.5. The lowest BCUT2D eigenvalue weighted by molar-refractivity contribution is 0.210. The maximum Gasteiger partial charge on any atom is 0.0496 e. The van der Waals surface area contributed by atoms with Crippen molar-refractivity contribution in [2.45, 2.75) is 45.2 Å². The van der Waals surface area contributed by atoms with Gasteiger partial charge in [0.1, 0.15) is 0 Å². The van der Waals surface area contributed by atoms with Crippen LogP contribution in [0.15, 0.2) is 24.3 Å². The number of benzene rings is 1. The number of aliphatic hydroxyl groups is 1. The Hall–Kier alpha value is -0.900. The van der Waals surface area contributed by atoms with Crippen molar-refractivity contribution in [3.63, 3.8) is 0 Å². The lowest BCUT2D eigenvalue weighted by Crippen LogP contribution is -2.38. The second-order valence-corrected chi connectivity index (χ2v) is 5.43. The highest BCUT2D eigenvalue weighted by atomic mass is 16.2. The number of rotatable bonds is 8. The molecule has 1 aromatic rings. The molecule has 0 aliphatic heterocycles. The molecule has 0 fully saturated rings. The molecule has 3 N–H and O–H groups in total. The number of unbranched alkanes of at least 4 members (excludes halogenated alkanes) is 2. The van der Waals surface area contributed by atoms with E-state index in [-0.39, 0.29) is 18.7 Å². The average Bonchev–Trinajstić information content (AvgIpc) is 2.37. The summed E-state index contributed by atoms with van der Waals surface area (Å²) in [5, 5.41) is 8.81. The number of likely N-dealkylation sites (N-methyl/N-ethyl adjacent to an activating group) is 1. The van der Waals surface area contributed by atoms with E-state index in [0.29, 0.717) is 0 Å². The Morgan fingerprint density at radius 1 is 1.21 bits per heavy atom. The van der Waals surface area contributed by atoms with Gasteiger partial charge in [-0.3, -0.25) is 4.90 Å². The third-order valence-electron chi connectivity index (χ3n) is 3.65. The van der Waals surface area contributed by atoms with Gasteiger partial charge in [0.25, 0.3) is 0 Å². The van der Waals surface area contributed by atoms with E-state index in [2.05, 4.69) is 50.1 Å². The van der Waals surface area contributed by atoms with Gasteiger partial charge in [0.2, 0.25) is 0 Å². The zero-order valence-electron chi connectivity index (χ0n) is 12.5. The minimum absolute atomic E-state index is 0.101. The van der Waals surface area contributed by atoms with Gasteiger partial charge in [0.05, 0.1) is 0 Å². The van der Waals surface area contributed by atoms with Crippen molar-refractivity contribution < 1.29 is 5.11 Å². The van der Waals surface area contributed by atoms with Crippen LogP contribution in [-0.2, 0) is 0 Å². The van der Waals surface area contributed by atoms with Crippen molar-refractivity contribution in [2.75, 3.05) is 20.2 Å². The third-order valence-corrected chi connectivity index (χ3v) is 3.65. The molecule has 1 aromatic carbocycles. The van der Waals surface area contributed by atoms with Crippen LogP contribution in [0, 0.1) is 6.92 Å². The van der Waals surface area contributed by atoms with Gasteiger partial charge in [-0.2, -0.15) is 0 Å². The van der Waals surface area contributed by atoms with Crippen molar-refractivity contribution >= 4 is 0 Å². The second kappa shape index (κ2) is 8.31. The smallest absolute Gasteiger partial charge is 0.0496 e. The normalized spacial score (nSPS) is 14.6. The number of aryl methyl sites for hydroxylation is 1. The summed E-state index contributed by atoms with van der Waals surface area (Å²) in [5.74, 6) is 0. The van der Waals surface area contributed by atoms with Crippen LogP contribution < -0.4 is 5.73 Å². The highest BCUT2D eigenvalue weighted by Crippen LogP contribution is 2.25. The molecule has 0 saturated heterocycles. The SMILES string of the molecule is Cc1ccccc1C(C(C)N)N(C)CCCCCO. The number of aliphatic hydroxyl groups excluding tert-OH is 1. The molecule has 0 amide bonds. The molecular weight excluding hydrogens is 236 g/mol. The van der Waals surface area contributed by atoms with E-state index in [9.17, 15) is 0 Å². The summed E-state index contributed by atoms with van der Waals surface area (Å²) in [4.78, 5) is 2.34. The zero-order chi connectivity index (χ0) is 14.3. The third kappa shape index (κ3) is 4.94. The van der Waals surface area contributed by atoms with Crippen LogP contribution in [0.3, 0.4) is 0 Å². The summed E-state index contributed by atoms with van der Waals surface area (Å²) in [7, 11) is 2.14. The number of hydrogen-bond acceptors (Lipinski definition) is 3. The summed E-state index contributed by atoms with van der Waals surface area (Å²) in [6, 6.07) is 8.83. The maximum absolute atomic E-state index is 8.81. The number of nitrogens with two attached hydrogens (primary N) is 1. The van der Waals surface area contributed by atoms with Gasteiger partial charge >= 0.3 is 0 Å². The summed E-state index contributed by atoms with van der Waals surface area (Å²) in [5.41, 5.74) is 8.81. The maximum atomic E-state index is 8.81. The standard InChI is InChI=1S/C16H28N2O/c1-13-9-5-6-10-15(13)16(14(2)17)18(3)11-7-4-8-12-19/h5-6,9-10,14,16,19H,4,7-8,11-12,17H2,1-3H3. The van der Waals surface area contributed by atoms with Crippen molar-refractivity contribution in [1.82, 2.24) is 4.90 Å². The van der Waals surface area contributed by atoms with Crippen molar-refractivity contribution in [3.8, 4) is 0 Å². The first-order valence-corrected chi connectivity index (χ1v) is 7.20. The van der Waals surface area contributed by atoms with Gasteiger partial charge in [-0.15, -0.1) is 0 Å². The minimum atomic E-state index is 0.101. The van der Waals surface area contributed by atoms with Crippen molar-refractivity contribution in [1.29, 1.82) is 0 Å². The van der Waals surface area contributed by atoms with E-state index in [4.69, 9.17) is 10.8 Å². The van der Waals surface area contributed by atoms with E-state index in [1.54, 1.807) is 0 Å². The molecule has 0 aromatic heterocycles. The van der Waals surface area contributed by atoms with Crippen LogP contribution in [0.2, 0.25) is 0 Å². The van der Waals surface area contributed by atoms with Crippen LogP contribution in [0.4, 0.5) is 0 Å². The average molecular weight is 264 g/mol. The molecule has 3 heteroatoms. The van der Waals surface area contributed by atoms with Crippen molar-refractivity contribution in [2.24, 2.45) is 5.73 Å². The molecular formula is C16H28N2O. The van der Waals surface area contributed by atoms with E-state index in [1.165, 1.54) is 11.1 Å². The van der Waals surface area contributed by atoms with Crippen molar-refractivity contribution in [3.05, 3.63) is 35.4 Å². The second-order valence-electron chi connectivity index (χ2n) is 5.43. The van der Waals surface area contributed by atoms with Crippen LogP contribution >= 0.6 is 0 Å². The van der Waals surface area contributed by atoms with Crippen LogP contribution in [0.1, 0.15) is 43.4 Å². The van der Waals surface area contributed by atoms with Gasteiger partial charge in [0.15, 0.2) is 0 Å². The fraction of sp³-hybridized carbons (Fsp3) is 0.625. The molecule has 0 aliphatic carbocycles.